The first-order valence-corrected chi connectivity index (χ1v) is 10.3. The van der Waals surface area contributed by atoms with Crippen molar-refractivity contribution in [3.05, 3.63) is 28.5 Å². The van der Waals surface area contributed by atoms with E-state index in [0.29, 0.717) is 18.9 Å². The maximum Gasteiger partial charge on any atom is 0.267 e. The third-order valence-corrected chi connectivity index (χ3v) is 6.71. The first-order valence-electron chi connectivity index (χ1n) is 8.42. The molecule has 0 saturated heterocycles. The molecule has 0 spiro atoms. The van der Waals surface area contributed by atoms with Crippen LogP contribution in [0, 0.1) is 11.7 Å². The second-order valence-electron chi connectivity index (χ2n) is 6.42. The molecule has 1 aromatic carbocycles. The Morgan fingerprint density at radius 3 is 2.64 bits per heavy atom. The highest BCUT2D eigenvalue weighted by Gasteiger charge is 2.25. The fourth-order valence-electron chi connectivity index (χ4n) is 2.70. The number of amides is 1. The summed E-state index contributed by atoms with van der Waals surface area (Å²) in [7, 11) is -3.86. The fraction of sp³-hybridized carbons (Fsp3) is 0.588. The van der Waals surface area contributed by atoms with Crippen LogP contribution in [0.15, 0.2) is 12.1 Å². The van der Waals surface area contributed by atoms with E-state index in [1.54, 1.807) is 6.92 Å². The minimum absolute atomic E-state index is 0.0745. The van der Waals surface area contributed by atoms with Gasteiger partial charge in [-0.15, -0.1) is 0 Å². The molecular formula is C17H23ClFNO4S. The van der Waals surface area contributed by atoms with Crippen molar-refractivity contribution in [1.29, 1.82) is 0 Å². The molecule has 140 valence electrons. The topological polar surface area (TPSA) is 72.5 Å². The third-order valence-electron chi connectivity index (χ3n) is 4.56. The molecule has 1 aliphatic carbocycles. The highest BCUT2D eigenvalue weighted by Crippen LogP contribution is 2.31. The van der Waals surface area contributed by atoms with Gasteiger partial charge in [0.15, 0.2) is 0 Å². The number of carbonyl (C=O) groups is 1. The minimum Gasteiger partial charge on any atom is -0.492 e. The van der Waals surface area contributed by atoms with Gasteiger partial charge in [-0.2, -0.15) is 0 Å². The van der Waals surface area contributed by atoms with E-state index in [0.717, 1.165) is 25.0 Å². The van der Waals surface area contributed by atoms with Crippen molar-refractivity contribution >= 4 is 27.5 Å². The van der Waals surface area contributed by atoms with E-state index in [-0.39, 0.29) is 10.8 Å². The summed E-state index contributed by atoms with van der Waals surface area (Å²) in [5, 5.41) is -0.686. The predicted octanol–water partition coefficient (Wildman–Crippen LogP) is 3.91. The largest absolute Gasteiger partial charge is 0.492 e. The molecule has 8 heteroatoms. The molecule has 1 N–H and O–H groups in total. The van der Waals surface area contributed by atoms with Crippen LogP contribution in [0.2, 0.25) is 5.02 Å². The van der Waals surface area contributed by atoms with Crippen LogP contribution < -0.4 is 9.46 Å². The Balaban J connectivity index is 2.11. The van der Waals surface area contributed by atoms with Crippen LogP contribution in [0.25, 0.3) is 0 Å². The van der Waals surface area contributed by atoms with Crippen molar-refractivity contribution in [2.24, 2.45) is 5.92 Å². The van der Waals surface area contributed by atoms with Crippen molar-refractivity contribution in [3.63, 3.8) is 0 Å². The molecule has 1 amide bonds. The van der Waals surface area contributed by atoms with Crippen molar-refractivity contribution in [2.75, 3.05) is 6.61 Å². The van der Waals surface area contributed by atoms with Crippen LogP contribution in [0.4, 0.5) is 4.39 Å². The Morgan fingerprint density at radius 1 is 1.40 bits per heavy atom. The van der Waals surface area contributed by atoms with E-state index in [1.807, 2.05) is 4.72 Å². The van der Waals surface area contributed by atoms with Gasteiger partial charge in [0.1, 0.15) is 11.6 Å². The summed E-state index contributed by atoms with van der Waals surface area (Å²) in [5.74, 6) is -1.32. The highest BCUT2D eigenvalue weighted by atomic mass is 35.5. The number of halogens is 2. The van der Waals surface area contributed by atoms with E-state index in [1.165, 1.54) is 19.8 Å². The second kappa shape index (κ2) is 8.36. The number of carbonyl (C=O) groups excluding carboxylic acids is 1. The normalized spacial score (nSPS) is 16.6. The lowest BCUT2D eigenvalue weighted by atomic mass is 10.1. The number of nitrogens with one attached hydrogen (secondary N) is 1. The number of hydrogen-bond donors (Lipinski definition) is 1. The zero-order valence-electron chi connectivity index (χ0n) is 14.3. The Morgan fingerprint density at radius 2 is 2.04 bits per heavy atom. The van der Waals surface area contributed by atoms with Crippen LogP contribution in [0.1, 0.15) is 56.3 Å². The Labute approximate surface area is 152 Å². The van der Waals surface area contributed by atoms with Crippen LogP contribution in [-0.2, 0) is 10.0 Å². The zero-order chi connectivity index (χ0) is 18.6. The van der Waals surface area contributed by atoms with Crippen molar-refractivity contribution in [2.45, 2.75) is 51.2 Å². The van der Waals surface area contributed by atoms with Gasteiger partial charge in [-0.1, -0.05) is 31.4 Å². The first kappa shape index (κ1) is 20.0. The number of rotatable bonds is 7. The maximum atomic E-state index is 14.2. The lowest BCUT2D eigenvalue weighted by Crippen LogP contribution is -2.37. The van der Waals surface area contributed by atoms with Gasteiger partial charge in [-0.3, -0.25) is 4.79 Å². The molecule has 5 nitrogen and oxygen atoms in total. The summed E-state index contributed by atoms with van der Waals surface area (Å²) in [5.41, 5.74) is -0.426. The quantitative estimate of drug-likeness (QED) is 0.764. The number of benzene rings is 1. The summed E-state index contributed by atoms with van der Waals surface area (Å²) in [4.78, 5) is 12.1. The Bertz CT molecular complexity index is 732. The van der Waals surface area contributed by atoms with Crippen molar-refractivity contribution in [3.8, 4) is 5.75 Å². The number of ether oxygens (including phenoxy) is 1. The van der Waals surface area contributed by atoms with Crippen molar-refractivity contribution in [1.82, 2.24) is 4.72 Å². The molecule has 0 aromatic heterocycles. The zero-order valence-corrected chi connectivity index (χ0v) is 15.9. The average molecular weight is 392 g/mol. The molecule has 1 saturated carbocycles. The summed E-state index contributed by atoms with van der Waals surface area (Å²) < 4.78 is 45.6. The van der Waals surface area contributed by atoms with E-state index < -0.39 is 32.6 Å². The Kier molecular flexibility index (Phi) is 6.68. The molecule has 0 aliphatic heterocycles. The van der Waals surface area contributed by atoms with Gasteiger partial charge in [0.05, 0.1) is 22.4 Å². The summed E-state index contributed by atoms with van der Waals surface area (Å²) >= 11 is 6.07. The molecule has 1 aliphatic rings. The highest BCUT2D eigenvalue weighted by molar-refractivity contribution is 7.90. The van der Waals surface area contributed by atoms with E-state index >= 15 is 0 Å². The van der Waals surface area contributed by atoms with E-state index in [2.05, 4.69) is 0 Å². The molecule has 0 radical (unpaired) electrons. The first-order chi connectivity index (χ1) is 11.7. The minimum atomic E-state index is -3.86. The molecule has 1 fully saturated rings. The van der Waals surface area contributed by atoms with Crippen LogP contribution in [0.3, 0.4) is 0 Å². The standard InChI is InChI=1S/C17H23ClFNO4S/c1-3-11(2)25(22,23)20-17(21)13-8-14(18)16(9-15(13)19)24-10-12-6-4-5-7-12/h8-9,11-12H,3-7,10H2,1-2H3,(H,20,21). The Hall–Kier alpha value is -1.34. The van der Waals surface area contributed by atoms with E-state index in [9.17, 15) is 17.6 Å². The summed E-state index contributed by atoms with van der Waals surface area (Å²) in [6.07, 6.45) is 4.82. The van der Waals surface area contributed by atoms with Gasteiger partial charge in [0.25, 0.3) is 5.91 Å². The van der Waals surface area contributed by atoms with Crippen LogP contribution >= 0.6 is 11.6 Å². The predicted molar refractivity (Wildman–Crippen MR) is 95.0 cm³/mol. The van der Waals surface area contributed by atoms with Crippen molar-refractivity contribution < 1.29 is 22.3 Å². The molecule has 25 heavy (non-hydrogen) atoms. The van der Waals surface area contributed by atoms with E-state index in [4.69, 9.17) is 16.3 Å². The summed E-state index contributed by atoms with van der Waals surface area (Å²) in [6, 6.07) is 2.13. The maximum absolute atomic E-state index is 14.2. The van der Waals surface area contributed by atoms with Gasteiger partial charge in [0.2, 0.25) is 10.0 Å². The van der Waals surface area contributed by atoms with Gasteiger partial charge in [0, 0.05) is 6.07 Å². The van der Waals surface area contributed by atoms with Gasteiger partial charge in [-0.25, -0.2) is 17.5 Å². The third kappa shape index (κ3) is 5.07. The molecular weight excluding hydrogens is 369 g/mol. The number of sulfonamides is 1. The molecule has 0 heterocycles. The molecule has 1 atom stereocenters. The molecule has 0 bridgehead atoms. The smallest absolute Gasteiger partial charge is 0.267 e. The van der Waals surface area contributed by atoms with Crippen LogP contribution in [-0.4, -0.2) is 26.2 Å². The lowest BCUT2D eigenvalue weighted by molar-refractivity contribution is 0.0977. The van der Waals surface area contributed by atoms with Crippen LogP contribution in [0.5, 0.6) is 5.75 Å². The van der Waals surface area contributed by atoms with Gasteiger partial charge < -0.3 is 4.74 Å². The van der Waals surface area contributed by atoms with Gasteiger partial charge in [-0.05, 0) is 38.2 Å². The SMILES string of the molecule is CCC(C)S(=O)(=O)NC(=O)c1cc(Cl)c(OCC2CCCC2)cc1F. The second-order valence-corrected chi connectivity index (χ2v) is 8.93. The molecule has 1 unspecified atom stereocenters. The lowest BCUT2D eigenvalue weighted by Gasteiger charge is -2.15. The average Bonchev–Trinajstić information content (AvgIpc) is 3.07. The fourth-order valence-corrected chi connectivity index (χ4v) is 3.93. The van der Waals surface area contributed by atoms with Gasteiger partial charge >= 0.3 is 0 Å². The summed E-state index contributed by atoms with van der Waals surface area (Å²) in [6.45, 7) is 3.61. The molecule has 2 rings (SSSR count). The number of hydrogen-bond acceptors (Lipinski definition) is 4. The molecule has 1 aromatic rings. The monoisotopic (exact) mass is 391 g/mol.